The summed E-state index contributed by atoms with van der Waals surface area (Å²) in [5, 5.41) is 7.82. The van der Waals surface area contributed by atoms with Crippen LogP contribution in [0.1, 0.15) is 0 Å². The van der Waals surface area contributed by atoms with Gasteiger partial charge in [0.05, 0.1) is 11.0 Å². The van der Waals surface area contributed by atoms with E-state index in [1.165, 1.54) is 80.7 Å². The maximum atomic E-state index is 2.51. The van der Waals surface area contributed by atoms with E-state index < -0.39 is 0 Å². The summed E-state index contributed by atoms with van der Waals surface area (Å²) < 4.78 is 5.19. The second kappa shape index (κ2) is 9.17. The fraction of sp³-hybridized carbons (Fsp3) is 0. The van der Waals surface area contributed by atoms with Gasteiger partial charge in [0.2, 0.25) is 0 Å². The van der Waals surface area contributed by atoms with Crippen molar-refractivity contribution < 1.29 is 0 Å². The van der Waals surface area contributed by atoms with Crippen molar-refractivity contribution in [1.82, 2.24) is 4.57 Å². The van der Waals surface area contributed by atoms with Gasteiger partial charge in [-0.1, -0.05) is 121 Å². The second-order valence-electron chi connectivity index (χ2n) is 11.0. The van der Waals surface area contributed by atoms with Gasteiger partial charge in [-0.2, -0.15) is 0 Å². The van der Waals surface area contributed by atoms with Gasteiger partial charge in [0, 0.05) is 42.0 Å². The highest BCUT2D eigenvalue weighted by atomic mass is 32.1. The lowest BCUT2D eigenvalue weighted by Crippen LogP contribution is -1.96. The highest BCUT2D eigenvalue weighted by Crippen LogP contribution is 2.44. The van der Waals surface area contributed by atoms with Gasteiger partial charge in [-0.3, -0.25) is 0 Å². The summed E-state index contributed by atoms with van der Waals surface area (Å²) in [4.78, 5) is 0. The number of benzene rings is 7. The number of hydrogen-bond acceptors (Lipinski definition) is 1. The van der Waals surface area contributed by atoms with Crippen LogP contribution in [-0.4, -0.2) is 4.57 Å². The van der Waals surface area contributed by atoms with Gasteiger partial charge < -0.3 is 4.57 Å². The van der Waals surface area contributed by atoms with Crippen LogP contribution in [0.25, 0.3) is 80.7 Å². The Bertz CT molecular complexity index is 2380. The zero-order valence-corrected chi connectivity index (χ0v) is 23.6. The topological polar surface area (TPSA) is 4.93 Å². The van der Waals surface area contributed by atoms with Crippen molar-refractivity contribution in [3.63, 3.8) is 0 Å². The predicted octanol–water partition coefficient (Wildman–Crippen LogP) is 11.6. The van der Waals surface area contributed by atoms with Crippen molar-refractivity contribution in [1.29, 1.82) is 0 Å². The fourth-order valence-electron chi connectivity index (χ4n) is 6.64. The molecule has 0 aliphatic rings. The highest BCUT2D eigenvalue weighted by molar-refractivity contribution is 7.26. The van der Waals surface area contributed by atoms with Gasteiger partial charge in [-0.05, 0) is 58.0 Å². The molecule has 0 spiro atoms. The molecule has 0 fully saturated rings. The van der Waals surface area contributed by atoms with E-state index in [9.17, 15) is 0 Å². The molecule has 9 aromatic rings. The van der Waals surface area contributed by atoms with Crippen molar-refractivity contribution in [3.8, 4) is 27.9 Å². The van der Waals surface area contributed by atoms with Gasteiger partial charge >= 0.3 is 0 Å². The molecule has 0 N–H and O–H groups in total. The van der Waals surface area contributed by atoms with Gasteiger partial charge in [0.1, 0.15) is 0 Å². The maximum Gasteiger partial charge on any atom is 0.0633 e. The van der Waals surface area contributed by atoms with Crippen molar-refractivity contribution in [2.45, 2.75) is 0 Å². The Morgan fingerprint density at radius 1 is 0.429 bits per heavy atom. The molecule has 0 aliphatic carbocycles. The molecule has 9 rings (SSSR count). The Balaban J connectivity index is 1.47. The largest absolute Gasteiger partial charge is 0.309 e. The van der Waals surface area contributed by atoms with E-state index in [4.69, 9.17) is 0 Å². The lowest BCUT2D eigenvalue weighted by molar-refractivity contribution is 1.19. The van der Waals surface area contributed by atoms with Crippen LogP contribution in [0.5, 0.6) is 0 Å². The van der Waals surface area contributed by atoms with Crippen LogP contribution in [0.2, 0.25) is 0 Å². The van der Waals surface area contributed by atoms with E-state index in [2.05, 4.69) is 156 Å². The average Bonchev–Trinajstić information content (AvgIpc) is 3.61. The van der Waals surface area contributed by atoms with Crippen LogP contribution >= 0.6 is 11.3 Å². The molecule has 0 unspecified atom stereocenters. The molecule has 196 valence electrons. The Hall–Kier alpha value is -5.18. The molecule has 1 nitrogen and oxygen atoms in total. The molecule has 0 bridgehead atoms. The zero-order valence-electron chi connectivity index (χ0n) is 22.8. The Labute approximate surface area is 247 Å². The Morgan fingerprint density at radius 3 is 1.74 bits per heavy atom. The quantitative estimate of drug-likeness (QED) is 0.206. The molecule has 0 aliphatic heterocycles. The number of rotatable bonds is 3. The molecular formula is C40H25NS. The summed E-state index contributed by atoms with van der Waals surface area (Å²) >= 11 is 1.91. The van der Waals surface area contributed by atoms with E-state index in [0.29, 0.717) is 0 Å². The zero-order chi connectivity index (χ0) is 27.6. The van der Waals surface area contributed by atoms with E-state index in [1.54, 1.807) is 0 Å². The lowest BCUT2D eigenvalue weighted by atomic mass is 9.97. The Kier molecular flexibility index (Phi) is 5.13. The number of hydrogen-bond donors (Lipinski definition) is 0. The molecular weight excluding hydrogens is 527 g/mol. The van der Waals surface area contributed by atoms with Crippen LogP contribution in [0.4, 0.5) is 0 Å². The van der Waals surface area contributed by atoms with E-state index in [-0.39, 0.29) is 0 Å². The summed E-state index contributed by atoms with van der Waals surface area (Å²) in [6.07, 6.45) is 0. The van der Waals surface area contributed by atoms with E-state index in [0.717, 1.165) is 0 Å². The summed E-state index contributed by atoms with van der Waals surface area (Å²) in [5.41, 5.74) is 8.53. The van der Waals surface area contributed by atoms with E-state index in [1.807, 2.05) is 11.3 Å². The molecule has 0 saturated carbocycles. The number of nitrogens with zero attached hydrogens (tertiary/aromatic N) is 1. The summed E-state index contributed by atoms with van der Waals surface area (Å²) in [5.74, 6) is 0. The molecule has 2 heterocycles. The number of fused-ring (bicyclic) bond motifs is 9. The van der Waals surface area contributed by atoms with Crippen LogP contribution in [0.15, 0.2) is 152 Å². The van der Waals surface area contributed by atoms with Gasteiger partial charge in [-0.15, -0.1) is 11.3 Å². The number of aromatic nitrogens is 1. The van der Waals surface area contributed by atoms with Crippen molar-refractivity contribution in [2.24, 2.45) is 0 Å². The van der Waals surface area contributed by atoms with Crippen LogP contribution in [0, 0.1) is 0 Å². The van der Waals surface area contributed by atoms with Gasteiger partial charge in [0.25, 0.3) is 0 Å². The summed E-state index contributed by atoms with van der Waals surface area (Å²) in [6.45, 7) is 0. The molecule has 0 atom stereocenters. The smallest absolute Gasteiger partial charge is 0.0633 e. The normalized spacial score (nSPS) is 11.8. The van der Waals surface area contributed by atoms with E-state index >= 15 is 0 Å². The minimum atomic E-state index is 1.17. The van der Waals surface area contributed by atoms with Crippen molar-refractivity contribution in [3.05, 3.63) is 152 Å². The van der Waals surface area contributed by atoms with Crippen LogP contribution in [0.3, 0.4) is 0 Å². The first-order valence-electron chi connectivity index (χ1n) is 14.4. The molecule has 0 radical (unpaired) electrons. The number of para-hydroxylation sites is 1. The standard InChI is InChI=1S/C40H25NS/c1-3-11-26(12-4-1)29-23-30(27-13-5-2-6-14-27)25-31(24-29)41-36-17-9-7-15-32(36)34-21-19-28-20-22-35-33-16-8-10-18-37(33)42-40(35)38(28)39(34)41/h1-25H. The molecule has 7 aromatic carbocycles. The molecule has 0 saturated heterocycles. The minimum Gasteiger partial charge on any atom is -0.309 e. The van der Waals surface area contributed by atoms with Crippen molar-refractivity contribution in [2.75, 3.05) is 0 Å². The first-order chi connectivity index (χ1) is 20.8. The molecule has 0 amide bonds. The maximum absolute atomic E-state index is 2.51. The lowest BCUT2D eigenvalue weighted by Gasteiger charge is -2.15. The summed E-state index contributed by atoms with van der Waals surface area (Å²) in [7, 11) is 0. The molecule has 2 aromatic heterocycles. The van der Waals surface area contributed by atoms with Crippen molar-refractivity contribution >= 4 is 64.1 Å². The molecule has 2 heteroatoms. The number of thiophene rings is 1. The predicted molar refractivity (Wildman–Crippen MR) is 182 cm³/mol. The van der Waals surface area contributed by atoms with Crippen LogP contribution in [-0.2, 0) is 0 Å². The third kappa shape index (κ3) is 3.49. The first kappa shape index (κ1) is 23.5. The van der Waals surface area contributed by atoms with Crippen LogP contribution < -0.4 is 0 Å². The second-order valence-corrected chi connectivity index (χ2v) is 12.0. The van der Waals surface area contributed by atoms with Gasteiger partial charge in [-0.25, -0.2) is 0 Å². The third-order valence-electron chi connectivity index (χ3n) is 8.55. The highest BCUT2D eigenvalue weighted by Gasteiger charge is 2.19. The Morgan fingerprint density at radius 2 is 1.02 bits per heavy atom. The fourth-order valence-corrected chi connectivity index (χ4v) is 7.90. The SMILES string of the molecule is c1ccc(-c2cc(-c3ccccc3)cc(-n3c4ccccc4c4ccc5ccc6c7ccccc7sc6c5c43)c2)cc1. The monoisotopic (exact) mass is 551 g/mol. The summed E-state index contributed by atoms with van der Waals surface area (Å²) in [6, 6.07) is 55.4. The minimum absolute atomic E-state index is 1.17. The first-order valence-corrected chi connectivity index (χ1v) is 15.2. The average molecular weight is 552 g/mol. The van der Waals surface area contributed by atoms with Gasteiger partial charge in [0.15, 0.2) is 0 Å². The molecule has 42 heavy (non-hydrogen) atoms. The third-order valence-corrected chi connectivity index (χ3v) is 9.75.